The van der Waals surface area contributed by atoms with E-state index in [1.54, 1.807) is 11.3 Å². The Kier molecular flexibility index (Phi) is 3.93. The van der Waals surface area contributed by atoms with Crippen molar-refractivity contribution in [3.05, 3.63) is 44.5 Å². The number of hydrogen-bond acceptors (Lipinski definition) is 3. The Morgan fingerprint density at radius 1 is 1.43 bits per heavy atom. The van der Waals surface area contributed by atoms with Crippen LogP contribution in [0.4, 0.5) is 0 Å². The van der Waals surface area contributed by atoms with Crippen molar-refractivity contribution in [2.45, 2.75) is 52.6 Å². The van der Waals surface area contributed by atoms with Crippen molar-refractivity contribution in [2.24, 2.45) is 5.41 Å². The van der Waals surface area contributed by atoms with Gasteiger partial charge < -0.3 is 9.73 Å². The fraction of sp³-hybridized carbons (Fsp3) is 0.529. The maximum absolute atomic E-state index is 6.05. The molecule has 114 valence electrons. The number of furan rings is 1. The number of fused-ring (bicyclic) bond motifs is 1. The summed E-state index contributed by atoms with van der Waals surface area (Å²) in [5.74, 6) is 2.16. The highest BCUT2D eigenvalue weighted by Gasteiger charge is 2.35. The van der Waals surface area contributed by atoms with Gasteiger partial charge in [0.05, 0.1) is 4.34 Å². The summed E-state index contributed by atoms with van der Waals surface area (Å²) in [4.78, 5) is 1.28. The van der Waals surface area contributed by atoms with E-state index in [0.717, 1.165) is 28.7 Å². The third-order valence-electron chi connectivity index (χ3n) is 4.21. The molecule has 2 nitrogen and oxygen atoms in total. The first-order chi connectivity index (χ1) is 9.84. The SMILES string of the molecule is Cc1cc2c(o1)CC(C)(C)CC2NC(C)c1ccc(Cl)s1. The second-order valence-electron chi connectivity index (χ2n) is 6.86. The van der Waals surface area contributed by atoms with Crippen LogP contribution in [-0.4, -0.2) is 0 Å². The molecule has 21 heavy (non-hydrogen) atoms. The van der Waals surface area contributed by atoms with Crippen molar-refractivity contribution in [3.8, 4) is 0 Å². The summed E-state index contributed by atoms with van der Waals surface area (Å²) in [5.41, 5.74) is 1.60. The van der Waals surface area contributed by atoms with E-state index in [2.05, 4.69) is 38.2 Å². The van der Waals surface area contributed by atoms with E-state index in [-0.39, 0.29) is 5.41 Å². The van der Waals surface area contributed by atoms with Gasteiger partial charge in [-0.2, -0.15) is 0 Å². The van der Waals surface area contributed by atoms with Crippen LogP contribution < -0.4 is 5.32 Å². The monoisotopic (exact) mass is 323 g/mol. The Balaban J connectivity index is 1.84. The predicted octanol–water partition coefficient (Wildman–Crippen LogP) is 5.67. The molecule has 1 N–H and O–H groups in total. The van der Waals surface area contributed by atoms with Crippen LogP contribution in [0.15, 0.2) is 22.6 Å². The second-order valence-corrected chi connectivity index (χ2v) is 8.61. The van der Waals surface area contributed by atoms with Crippen LogP contribution in [0.25, 0.3) is 0 Å². The smallest absolute Gasteiger partial charge is 0.109 e. The molecule has 0 spiro atoms. The summed E-state index contributed by atoms with van der Waals surface area (Å²) in [5, 5.41) is 3.77. The molecule has 0 aliphatic heterocycles. The lowest BCUT2D eigenvalue weighted by Crippen LogP contribution is -2.33. The molecule has 4 heteroatoms. The first-order valence-electron chi connectivity index (χ1n) is 7.44. The number of nitrogens with one attached hydrogen (secondary N) is 1. The molecule has 2 heterocycles. The Labute approximate surface area is 135 Å². The second kappa shape index (κ2) is 5.45. The maximum atomic E-state index is 6.05. The third kappa shape index (κ3) is 3.20. The van der Waals surface area contributed by atoms with Crippen molar-refractivity contribution < 1.29 is 4.42 Å². The lowest BCUT2D eigenvalue weighted by Gasteiger charge is -2.36. The minimum absolute atomic E-state index is 0.266. The van der Waals surface area contributed by atoms with Gasteiger partial charge in [0.2, 0.25) is 0 Å². The fourth-order valence-corrected chi connectivity index (χ4v) is 4.35. The molecular formula is C17H22ClNOS. The van der Waals surface area contributed by atoms with E-state index in [1.165, 1.54) is 10.4 Å². The molecule has 2 aromatic heterocycles. The first kappa shape index (κ1) is 15.1. The van der Waals surface area contributed by atoms with Gasteiger partial charge in [-0.3, -0.25) is 0 Å². The van der Waals surface area contributed by atoms with Crippen molar-refractivity contribution in [2.75, 3.05) is 0 Å². The molecule has 2 atom stereocenters. The molecule has 0 amide bonds. The van der Waals surface area contributed by atoms with Crippen LogP contribution in [-0.2, 0) is 6.42 Å². The summed E-state index contributed by atoms with van der Waals surface area (Å²) in [6.45, 7) is 8.87. The Morgan fingerprint density at radius 3 is 2.86 bits per heavy atom. The van der Waals surface area contributed by atoms with E-state index in [1.807, 2.05) is 13.0 Å². The highest BCUT2D eigenvalue weighted by atomic mass is 35.5. The van der Waals surface area contributed by atoms with Crippen molar-refractivity contribution in [3.63, 3.8) is 0 Å². The molecule has 1 aliphatic rings. The maximum Gasteiger partial charge on any atom is 0.109 e. The molecule has 2 aromatic rings. The van der Waals surface area contributed by atoms with Crippen LogP contribution in [0.2, 0.25) is 4.34 Å². The normalized spacial score (nSPS) is 22.0. The van der Waals surface area contributed by atoms with Gasteiger partial charge in [-0.1, -0.05) is 25.4 Å². The van der Waals surface area contributed by atoms with E-state index >= 15 is 0 Å². The zero-order valence-corrected chi connectivity index (χ0v) is 14.6. The summed E-state index contributed by atoms with van der Waals surface area (Å²) in [6.07, 6.45) is 2.15. The summed E-state index contributed by atoms with van der Waals surface area (Å²) in [6, 6.07) is 6.91. The van der Waals surface area contributed by atoms with Gasteiger partial charge in [-0.25, -0.2) is 0 Å². The number of aryl methyl sites for hydroxylation is 1. The number of halogens is 1. The van der Waals surface area contributed by atoms with E-state index in [9.17, 15) is 0 Å². The molecule has 2 unspecified atom stereocenters. The topological polar surface area (TPSA) is 25.2 Å². The summed E-state index contributed by atoms with van der Waals surface area (Å²) < 4.78 is 6.75. The molecule has 0 saturated heterocycles. The van der Waals surface area contributed by atoms with Gasteiger partial charge in [0.15, 0.2) is 0 Å². The Bertz CT molecular complexity index is 643. The molecule has 1 aliphatic carbocycles. The van der Waals surface area contributed by atoms with Crippen LogP contribution in [0.1, 0.15) is 61.2 Å². The van der Waals surface area contributed by atoms with Crippen LogP contribution in [0, 0.1) is 12.3 Å². The van der Waals surface area contributed by atoms with Crippen molar-refractivity contribution >= 4 is 22.9 Å². The molecule has 0 fully saturated rings. The molecule has 0 bridgehead atoms. The van der Waals surface area contributed by atoms with Gasteiger partial charge >= 0.3 is 0 Å². The molecule has 0 radical (unpaired) electrons. The van der Waals surface area contributed by atoms with Gasteiger partial charge in [-0.15, -0.1) is 11.3 Å². The van der Waals surface area contributed by atoms with Crippen LogP contribution >= 0.6 is 22.9 Å². The predicted molar refractivity (Wildman–Crippen MR) is 89.2 cm³/mol. The largest absolute Gasteiger partial charge is 0.466 e. The number of hydrogen-bond donors (Lipinski definition) is 1. The molecule has 3 rings (SSSR count). The van der Waals surface area contributed by atoms with Gasteiger partial charge in [0.1, 0.15) is 11.5 Å². The van der Waals surface area contributed by atoms with Crippen LogP contribution in [0.3, 0.4) is 0 Å². The quantitative estimate of drug-likeness (QED) is 0.787. The van der Waals surface area contributed by atoms with Gasteiger partial charge in [0, 0.05) is 28.9 Å². The van der Waals surface area contributed by atoms with E-state index in [4.69, 9.17) is 16.0 Å². The average Bonchev–Trinajstić information content (AvgIpc) is 2.93. The summed E-state index contributed by atoms with van der Waals surface area (Å²) in [7, 11) is 0. The fourth-order valence-electron chi connectivity index (χ4n) is 3.28. The standard InChI is InChI=1S/C17H22ClNOS/c1-10-7-12-13(8-17(3,4)9-14(12)20-10)19-11(2)15-5-6-16(18)21-15/h5-7,11,13,19H,8-9H2,1-4H3. The zero-order chi connectivity index (χ0) is 15.2. The molecule has 0 aromatic carbocycles. The lowest BCUT2D eigenvalue weighted by atomic mass is 9.74. The number of rotatable bonds is 3. The lowest BCUT2D eigenvalue weighted by molar-refractivity contribution is 0.227. The zero-order valence-electron chi connectivity index (χ0n) is 13.0. The van der Waals surface area contributed by atoms with Crippen LogP contribution in [0.5, 0.6) is 0 Å². The number of thiophene rings is 1. The highest BCUT2D eigenvalue weighted by Crippen LogP contribution is 2.43. The Hall–Kier alpha value is -0.770. The minimum Gasteiger partial charge on any atom is -0.466 e. The van der Waals surface area contributed by atoms with Gasteiger partial charge in [-0.05, 0) is 43.9 Å². The minimum atomic E-state index is 0.266. The Morgan fingerprint density at radius 2 is 2.19 bits per heavy atom. The average molecular weight is 324 g/mol. The van der Waals surface area contributed by atoms with Crippen molar-refractivity contribution in [1.82, 2.24) is 5.32 Å². The highest BCUT2D eigenvalue weighted by molar-refractivity contribution is 7.16. The summed E-state index contributed by atoms with van der Waals surface area (Å²) >= 11 is 7.70. The van der Waals surface area contributed by atoms with Gasteiger partial charge in [0.25, 0.3) is 0 Å². The molecule has 0 saturated carbocycles. The van der Waals surface area contributed by atoms with E-state index < -0.39 is 0 Å². The van der Waals surface area contributed by atoms with E-state index in [0.29, 0.717) is 12.1 Å². The van der Waals surface area contributed by atoms with Crippen molar-refractivity contribution in [1.29, 1.82) is 0 Å². The molecular weight excluding hydrogens is 302 g/mol. The first-order valence-corrected chi connectivity index (χ1v) is 8.64. The third-order valence-corrected chi connectivity index (χ3v) is 5.62.